The lowest BCUT2D eigenvalue weighted by atomic mass is 10.0. The molecule has 3 rings (SSSR count). The van der Waals surface area contributed by atoms with Gasteiger partial charge in [0.05, 0.1) is 5.69 Å². The third-order valence-corrected chi connectivity index (χ3v) is 5.20. The highest BCUT2D eigenvalue weighted by Crippen LogP contribution is 2.25. The van der Waals surface area contributed by atoms with Gasteiger partial charge in [0, 0.05) is 86.7 Å². The Bertz CT molecular complexity index is 861. The highest BCUT2D eigenvalue weighted by Gasteiger charge is 2.22. The molecule has 0 radical (unpaired) electrons. The van der Waals surface area contributed by atoms with Crippen molar-refractivity contribution < 1.29 is 13.5 Å². The Labute approximate surface area is 175 Å². The Hall–Kier alpha value is -2.78. The molecule has 6 N–H and O–H groups in total. The number of hydrogen-bond donors (Lipinski definition) is 6. The van der Waals surface area contributed by atoms with E-state index in [1.54, 1.807) is 7.05 Å². The zero-order valence-electron chi connectivity index (χ0n) is 17.0. The lowest BCUT2D eigenvalue weighted by molar-refractivity contribution is 0.0800. The molecule has 0 aliphatic carbocycles. The van der Waals surface area contributed by atoms with E-state index in [0.717, 1.165) is 49.9 Å². The molecule has 1 fully saturated rings. The van der Waals surface area contributed by atoms with Crippen molar-refractivity contribution in [3.63, 3.8) is 0 Å². The predicted octanol–water partition coefficient (Wildman–Crippen LogP) is 2.58. The lowest BCUT2D eigenvalue weighted by Gasteiger charge is -2.30. The van der Waals surface area contributed by atoms with Gasteiger partial charge < -0.3 is 31.4 Å². The second-order valence-electron chi connectivity index (χ2n) is 7.26. The third-order valence-electron chi connectivity index (χ3n) is 5.20. The largest absolute Gasteiger partial charge is 0.393 e. The molecule has 2 aliphatic heterocycles. The summed E-state index contributed by atoms with van der Waals surface area (Å²) in [5.41, 5.74) is 1.76. The molecule has 2 heterocycles. The summed E-state index contributed by atoms with van der Waals surface area (Å²) in [6, 6.07) is 2.35. The van der Waals surface area contributed by atoms with Crippen LogP contribution < -0.4 is 21.3 Å². The number of rotatable bonds is 7. The number of anilines is 1. The summed E-state index contributed by atoms with van der Waals surface area (Å²) in [5.74, 6) is -1.34. The van der Waals surface area contributed by atoms with Gasteiger partial charge in [-0.1, -0.05) is 0 Å². The number of hydrogen-bond acceptors (Lipinski definition) is 6. The van der Waals surface area contributed by atoms with E-state index in [0.29, 0.717) is 31.4 Å². The minimum Gasteiger partial charge on any atom is -0.393 e. The van der Waals surface area contributed by atoms with Gasteiger partial charge in [-0.25, -0.2) is 8.78 Å². The highest BCUT2D eigenvalue weighted by molar-refractivity contribution is 6.09. The van der Waals surface area contributed by atoms with Gasteiger partial charge in [0.1, 0.15) is 17.5 Å². The van der Waals surface area contributed by atoms with E-state index < -0.39 is 11.6 Å². The van der Waals surface area contributed by atoms with Gasteiger partial charge in [-0.15, -0.1) is 0 Å². The third kappa shape index (κ3) is 5.22. The van der Waals surface area contributed by atoms with Crippen LogP contribution in [0.15, 0.2) is 29.6 Å². The topological polar surface area (TPSA) is 105 Å². The maximum absolute atomic E-state index is 14.7. The van der Waals surface area contributed by atoms with Crippen molar-refractivity contribution in [2.75, 3.05) is 38.7 Å². The standard InChI is InChI=1S/C21H28F2N6O/c1-26-11-13(10-24)15-8-18(23)20(9-17(15)22)29-21(25)16-12-27-5-2-19(16)28-14-3-6-30-7-4-14/h8-11,14,24,26-28H,2-7,12H2,1H3,(H2,25,29)/b13-11+,24-10?. The summed E-state index contributed by atoms with van der Waals surface area (Å²) in [6.07, 6.45) is 4.93. The molecule has 0 aromatic heterocycles. The van der Waals surface area contributed by atoms with Crippen molar-refractivity contribution in [1.82, 2.24) is 16.0 Å². The number of amidine groups is 1. The van der Waals surface area contributed by atoms with Gasteiger partial charge in [-0.2, -0.15) is 0 Å². The molecule has 0 amide bonds. The van der Waals surface area contributed by atoms with Crippen LogP contribution in [0.4, 0.5) is 14.5 Å². The fraction of sp³-hybridized carbons (Fsp3) is 0.429. The van der Waals surface area contributed by atoms with E-state index in [1.165, 1.54) is 6.20 Å². The molecule has 1 aromatic rings. The molecule has 2 aliphatic rings. The van der Waals surface area contributed by atoms with Crippen LogP contribution >= 0.6 is 0 Å². The predicted molar refractivity (Wildman–Crippen MR) is 115 cm³/mol. The molecule has 0 bridgehead atoms. The molecule has 0 atom stereocenters. The molecule has 0 saturated carbocycles. The Kier molecular flexibility index (Phi) is 7.53. The van der Waals surface area contributed by atoms with Crippen LogP contribution in [0.1, 0.15) is 24.8 Å². The molecular weight excluding hydrogens is 390 g/mol. The number of allylic oxidation sites excluding steroid dienone is 1. The van der Waals surface area contributed by atoms with E-state index in [9.17, 15) is 8.78 Å². The van der Waals surface area contributed by atoms with Gasteiger partial charge >= 0.3 is 0 Å². The van der Waals surface area contributed by atoms with Crippen LogP contribution in [0.3, 0.4) is 0 Å². The summed E-state index contributed by atoms with van der Waals surface area (Å²) >= 11 is 0. The average molecular weight is 418 g/mol. The first kappa shape index (κ1) is 21.9. The number of ether oxygens (including phenoxy) is 1. The molecule has 1 saturated heterocycles. The van der Waals surface area contributed by atoms with Crippen molar-refractivity contribution in [2.45, 2.75) is 25.3 Å². The smallest absolute Gasteiger partial charge is 0.147 e. The molecule has 0 unspecified atom stereocenters. The molecule has 1 aromatic carbocycles. The van der Waals surface area contributed by atoms with Crippen LogP contribution in [-0.4, -0.2) is 51.4 Å². The van der Waals surface area contributed by atoms with E-state index >= 15 is 0 Å². The maximum Gasteiger partial charge on any atom is 0.147 e. The van der Waals surface area contributed by atoms with E-state index in [2.05, 4.69) is 21.3 Å². The summed E-state index contributed by atoms with van der Waals surface area (Å²) in [7, 11) is 1.62. The van der Waals surface area contributed by atoms with Gasteiger partial charge in [0.25, 0.3) is 0 Å². The van der Waals surface area contributed by atoms with Gasteiger partial charge in [0.2, 0.25) is 0 Å². The van der Waals surface area contributed by atoms with Crippen LogP contribution in [0, 0.1) is 22.5 Å². The molecule has 30 heavy (non-hydrogen) atoms. The van der Waals surface area contributed by atoms with E-state index in [-0.39, 0.29) is 22.7 Å². The number of benzene rings is 1. The molecule has 7 nitrogen and oxygen atoms in total. The monoisotopic (exact) mass is 418 g/mol. The van der Waals surface area contributed by atoms with Crippen LogP contribution in [0.5, 0.6) is 0 Å². The minimum atomic E-state index is -0.691. The van der Waals surface area contributed by atoms with E-state index in [4.69, 9.17) is 15.6 Å². The van der Waals surface area contributed by atoms with Crippen molar-refractivity contribution in [1.29, 1.82) is 10.8 Å². The second-order valence-corrected chi connectivity index (χ2v) is 7.26. The zero-order chi connectivity index (χ0) is 21.5. The van der Waals surface area contributed by atoms with Crippen LogP contribution in [0.2, 0.25) is 0 Å². The number of nitrogens with one attached hydrogen (secondary N) is 6. The molecular formula is C21H28F2N6O. The number of halogens is 2. The Balaban J connectivity index is 1.80. The fourth-order valence-electron chi connectivity index (χ4n) is 3.60. The van der Waals surface area contributed by atoms with E-state index in [1.807, 2.05) is 0 Å². The molecule has 9 heteroatoms. The van der Waals surface area contributed by atoms with Crippen molar-refractivity contribution in [3.8, 4) is 0 Å². The average Bonchev–Trinajstić information content (AvgIpc) is 2.75. The Morgan fingerprint density at radius 3 is 2.70 bits per heavy atom. The van der Waals surface area contributed by atoms with Gasteiger partial charge in [-0.05, 0) is 18.9 Å². The minimum absolute atomic E-state index is 0.0191. The van der Waals surface area contributed by atoms with Crippen molar-refractivity contribution in [3.05, 3.63) is 46.8 Å². The first-order valence-corrected chi connectivity index (χ1v) is 10.0. The fourth-order valence-corrected chi connectivity index (χ4v) is 3.60. The summed E-state index contributed by atoms with van der Waals surface area (Å²) < 4.78 is 34.6. The lowest BCUT2D eigenvalue weighted by Crippen LogP contribution is -2.40. The summed E-state index contributed by atoms with van der Waals surface area (Å²) in [5, 5.41) is 28.0. The normalized spacial score (nSPS) is 18.2. The van der Waals surface area contributed by atoms with Crippen LogP contribution in [0.25, 0.3) is 5.57 Å². The quantitative estimate of drug-likeness (QED) is 0.302. The zero-order valence-corrected chi connectivity index (χ0v) is 17.0. The van der Waals surface area contributed by atoms with Crippen molar-refractivity contribution in [2.24, 2.45) is 0 Å². The second kappa shape index (κ2) is 10.3. The summed E-state index contributed by atoms with van der Waals surface area (Å²) in [6.45, 7) is 2.70. The van der Waals surface area contributed by atoms with Crippen LogP contribution in [-0.2, 0) is 4.74 Å². The maximum atomic E-state index is 14.7. The Morgan fingerprint density at radius 1 is 1.23 bits per heavy atom. The molecule has 0 spiro atoms. The first-order chi connectivity index (χ1) is 14.5. The van der Waals surface area contributed by atoms with Gasteiger partial charge in [0.15, 0.2) is 0 Å². The van der Waals surface area contributed by atoms with Crippen molar-refractivity contribution >= 4 is 23.3 Å². The highest BCUT2D eigenvalue weighted by atomic mass is 19.1. The first-order valence-electron chi connectivity index (χ1n) is 10.0. The molecule has 162 valence electrons. The Morgan fingerprint density at radius 2 is 2.00 bits per heavy atom. The summed E-state index contributed by atoms with van der Waals surface area (Å²) in [4.78, 5) is 0. The van der Waals surface area contributed by atoms with Gasteiger partial charge in [-0.3, -0.25) is 5.41 Å². The SMILES string of the molecule is CN/C=C(\C=N)c1cc(F)c(NC(=N)C2=C(NC3CCOCC3)CCNC2)cc1F.